The van der Waals surface area contributed by atoms with Gasteiger partial charge in [-0.15, -0.1) is 0 Å². The molecule has 1 heterocycles. The standard InChI is InChI=1S/C21H35N5O3/c1-5-22-20(25-16-21(2,3)26-12-14-29-15-13-26)24-11-10-23-19(27)17-6-8-18(28-4)9-7-17/h6-9H,5,10-16H2,1-4H3,(H,23,27)(H2,22,24,25). The highest BCUT2D eigenvalue weighted by Crippen LogP contribution is 2.16. The number of aliphatic imine (C=N–C) groups is 1. The molecule has 8 heteroatoms. The normalized spacial score (nSPS) is 15.7. The lowest BCUT2D eigenvalue weighted by Crippen LogP contribution is -2.52. The van der Waals surface area contributed by atoms with Crippen LogP contribution in [0.5, 0.6) is 5.75 Å². The van der Waals surface area contributed by atoms with Gasteiger partial charge < -0.3 is 25.4 Å². The first-order chi connectivity index (χ1) is 14.0. The summed E-state index contributed by atoms with van der Waals surface area (Å²) in [6, 6.07) is 7.06. The molecule has 1 aliphatic rings. The smallest absolute Gasteiger partial charge is 0.251 e. The maximum absolute atomic E-state index is 12.2. The second kappa shape index (κ2) is 11.6. The van der Waals surface area contributed by atoms with Crippen LogP contribution in [0.3, 0.4) is 0 Å². The molecule has 0 unspecified atom stereocenters. The summed E-state index contributed by atoms with van der Waals surface area (Å²) in [7, 11) is 1.60. The third-order valence-electron chi connectivity index (χ3n) is 4.89. The molecule has 0 bridgehead atoms. The van der Waals surface area contributed by atoms with Gasteiger partial charge in [0.05, 0.1) is 26.9 Å². The Kier molecular flexibility index (Phi) is 9.21. The lowest BCUT2D eigenvalue weighted by atomic mass is 10.0. The fraction of sp³-hybridized carbons (Fsp3) is 0.619. The molecule has 1 aromatic rings. The number of carbonyl (C=O) groups is 1. The molecule has 1 amide bonds. The molecule has 0 saturated carbocycles. The lowest BCUT2D eigenvalue weighted by Gasteiger charge is -2.39. The Hall–Kier alpha value is -2.32. The van der Waals surface area contributed by atoms with E-state index in [1.807, 2.05) is 6.92 Å². The summed E-state index contributed by atoms with van der Waals surface area (Å²) in [5, 5.41) is 9.45. The minimum Gasteiger partial charge on any atom is -0.497 e. The molecule has 0 atom stereocenters. The Morgan fingerprint density at radius 3 is 2.41 bits per heavy atom. The third kappa shape index (κ3) is 7.55. The fourth-order valence-corrected chi connectivity index (χ4v) is 3.08. The minimum absolute atomic E-state index is 0.0330. The van der Waals surface area contributed by atoms with Gasteiger partial charge in [0.15, 0.2) is 5.96 Å². The Bertz CT molecular complexity index is 655. The van der Waals surface area contributed by atoms with Crippen molar-refractivity contribution in [2.24, 2.45) is 4.99 Å². The summed E-state index contributed by atoms with van der Waals surface area (Å²) < 4.78 is 10.6. The van der Waals surface area contributed by atoms with E-state index >= 15 is 0 Å². The topological polar surface area (TPSA) is 87.2 Å². The molecule has 8 nitrogen and oxygen atoms in total. The van der Waals surface area contributed by atoms with Gasteiger partial charge in [0.1, 0.15) is 5.75 Å². The van der Waals surface area contributed by atoms with Crippen LogP contribution in [0.1, 0.15) is 31.1 Å². The number of rotatable bonds is 9. The number of hydrogen-bond donors (Lipinski definition) is 3. The molecule has 0 radical (unpaired) electrons. The maximum atomic E-state index is 12.2. The van der Waals surface area contributed by atoms with Crippen molar-refractivity contribution in [1.82, 2.24) is 20.9 Å². The molecule has 3 N–H and O–H groups in total. The molecule has 162 valence electrons. The van der Waals surface area contributed by atoms with Crippen LogP contribution < -0.4 is 20.7 Å². The van der Waals surface area contributed by atoms with Gasteiger partial charge in [0.2, 0.25) is 0 Å². The SMILES string of the molecule is CCNC(=NCC(C)(C)N1CCOCC1)NCCNC(=O)c1ccc(OC)cc1. The van der Waals surface area contributed by atoms with Crippen LogP contribution in [-0.4, -0.2) is 81.9 Å². The van der Waals surface area contributed by atoms with Gasteiger partial charge in [-0.05, 0) is 45.0 Å². The zero-order valence-corrected chi connectivity index (χ0v) is 18.1. The number of morpholine rings is 1. The van der Waals surface area contributed by atoms with E-state index in [1.165, 1.54) is 0 Å². The number of amides is 1. The number of methoxy groups -OCH3 is 1. The van der Waals surface area contributed by atoms with E-state index in [9.17, 15) is 4.79 Å². The van der Waals surface area contributed by atoms with E-state index in [4.69, 9.17) is 14.5 Å². The van der Waals surface area contributed by atoms with E-state index in [1.54, 1.807) is 31.4 Å². The van der Waals surface area contributed by atoms with E-state index in [-0.39, 0.29) is 11.4 Å². The Labute approximate surface area is 174 Å². The van der Waals surface area contributed by atoms with Crippen molar-refractivity contribution in [1.29, 1.82) is 0 Å². The molecule has 0 spiro atoms. The fourth-order valence-electron chi connectivity index (χ4n) is 3.08. The van der Waals surface area contributed by atoms with Gasteiger partial charge in [-0.1, -0.05) is 0 Å². The predicted octanol–water partition coefficient (Wildman–Crippen LogP) is 1.09. The summed E-state index contributed by atoms with van der Waals surface area (Å²) in [6.07, 6.45) is 0. The summed E-state index contributed by atoms with van der Waals surface area (Å²) in [5.41, 5.74) is 0.577. The molecular weight excluding hydrogens is 370 g/mol. The average Bonchev–Trinajstić information content (AvgIpc) is 2.75. The third-order valence-corrected chi connectivity index (χ3v) is 4.89. The number of carbonyl (C=O) groups excluding carboxylic acids is 1. The van der Waals surface area contributed by atoms with Crippen molar-refractivity contribution >= 4 is 11.9 Å². The molecule has 1 saturated heterocycles. The van der Waals surface area contributed by atoms with Crippen LogP contribution in [0, 0.1) is 0 Å². The van der Waals surface area contributed by atoms with Gasteiger partial charge in [-0.25, -0.2) is 0 Å². The number of benzene rings is 1. The minimum atomic E-state index is -0.107. The number of guanidine groups is 1. The van der Waals surface area contributed by atoms with Crippen LogP contribution in [-0.2, 0) is 4.74 Å². The Balaban J connectivity index is 1.78. The number of hydrogen-bond acceptors (Lipinski definition) is 5. The maximum Gasteiger partial charge on any atom is 0.251 e. The van der Waals surface area contributed by atoms with Gasteiger partial charge in [0.25, 0.3) is 5.91 Å². The molecule has 1 fully saturated rings. The number of ether oxygens (including phenoxy) is 2. The van der Waals surface area contributed by atoms with Crippen LogP contribution >= 0.6 is 0 Å². The van der Waals surface area contributed by atoms with Crippen LogP contribution in [0.25, 0.3) is 0 Å². The zero-order chi connectivity index (χ0) is 21.1. The second-order valence-corrected chi connectivity index (χ2v) is 7.52. The second-order valence-electron chi connectivity index (χ2n) is 7.52. The molecule has 1 aromatic carbocycles. The molecule has 29 heavy (non-hydrogen) atoms. The lowest BCUT2D eigenvalue weighted by molar-refractivity contribution is -0.00683. The summed E-state index contributed by atoms with van der Waals surface area (Å²) in [4.78, 5) is 19.4. The van der Waals surface area contributed by atoms with Crippen LogP contribution in [0.2, 0.25) is 0 Å². The van der Waals surface area contributed by atoms with Crippen molar-refractivity contribution in [2.75, 3.05) is 59.6 Å². The van der Waals surface area contributed by atoms with Gasteiger partial charge in [-0.3, -0.25) is 14.7 Å². The van der Waals surface area contributed by atoms with E-state index in [0.717, 1.165) is 44.6 Å². The average molecular weight is 406 g/mol. The highest BCUT2D eigenvalue weighted by Gasteiger charge is 2.28. The first-order valence-corrected chi connectivity index (χ1v) is 10.2. The van der Waals surface area contributed by atoms with Crippen molar-refractivity contribution in [3.05, 3.63) is 29.8 Å². The monoisotopic (exact) mass is 405 g/mol. The summed E-state index contributed by atoms with van der Waals surface area (Å²) >= 11 is 0. The van der Waals surface area contributed by atoms with E-state index < -0.39 is 0 Å². The van der Waals surface area contributed by atoms with Crippen molar-refractivity contribution in [3.63, 3.8) is 0 Å². The van der Waals surface area contributed by atoms with Crippen molar-refractivity contribution in [2.45, 2.75) is 26.3 Å². The van der Waals surface area contributed by atoms with Gasteiger partial charge in [-0.2, -0.15) is 0 Å². The van der Waals surface area contributed by atoms with E-state index in [0.29, 0.717) is 25.2 Å². The first-order valence-electron chi connectivity index (χ1n) is 10.2. The van der Waals surface area contributed by atoms with Gasteiger partial charge >= 0.3 is 0 Å². The molecule has 0 aliphatic carbocycles. The highest BCUT2D eigenvalue weighted by molar-refractivity contribution is 5.94. The van der Waals surface area contributed by atoms with Crippen molar-refractivity contribution < 1.29 is 14.3 Å². The first kappa shape index (κ1) is 23.0. The highest BCUT2D eigenvalue weighted by atomic mass is 16.5. The number of nitrogens with zero attached hydrogens (tertiary/aromatic N) is 2. The van der Waals surface area contributed by atoms with Gasteiger partial charge in [0, 0.05) is 43.8 Å². The van der Waals surface area contributed by atoms with Crippen LogP contribution in [0.15, 0.2) is 29.3 Å². The molecular formula is C21H35N5O3. The summed E-state index contributed by atoms with van der Waals surface area (Å²) in [6.45, 7) is 12.4. The van der Waals surface area contributed by atoms with Crippen molar-refractivity contribution in [3.8, 4) is 5.75 Å². The molecule has 2 rings (SSSR count). The van der Waals surface area contributed by atoms with Crippen LogP contribution in [0.4, 0.5) is 0 Å². The Morgan fingerprint density at radius 2 is 1.79 bits per heavy atom. The quantitative estimate of drug-likeness (QED) is 0.324. The number of nitrogens with one attached hydrogen (secondary N) is 3. The van der Waals surface area contributed by atoms with E-state index in [2.05, 4.69) is 34.7 Å². The largest absolute Gasteiger partial charge is 0.497 e. The summed E-state index contributed by atoms with van der Waals surface area (Å²) in [5.74, 6) is 1.38. The Morgan fingerprint density at radius 1 is 1.14 bits per heavy atom. The molecule has 0 aromatic heterocycles. The zero-order valence-electron chi connectivity index (χ0n) is 18.1. The predicted molar refractivity (Wildman–Crippen MR) is 116 cm³/mol. The molecule has 1 aliphatic heterocycles.